The first-order valence-electron chi connectivity index (χ1n) is 7.90. The number of hydrogen-bond acceptors (Lipinski definition) is 3. The van der Waals surface area contributed by atoms with Crippen molar-refractivity contribution in [3.05, 3.63) is 60.2 Å². The molecule has 0 saturated carbocycles. The van der Waals surface area contributed by atoms with Crippen molar-refractivity contribution in [1.29, 1.82) is 0 Å². The van der Waals surface area contributed by atoms with E-state index in [-0.39, 0.29) is 5.91 Å². The Morgan fingerprint density at radius 1 is 1.04 bits per heavy atom. The van der Waals surface area contributed by atoms with Gasteiger partial charge in [0.25, 0.3) is 5.91 Å². The molecule has 0 radical (unpaired) electrons. The van der Waals surface area contributed by atoms with Crippen LogP contribution in [-0.2, 0) is 4.79 Å². The zero-order valence-corrected chi connectivity index (χ0v) is 13.7. The van der Waals surface area contributed by atoms with Crippen LogP contribution < -0.4 is 5.32 Å². The third-order valence-electron chi connectivity index (χ3n) is 4.29. The molecular formula is C19H19N3O2. The van der Waals surface area contributed by atoms with Crippen LogP contribution >= 0.6 is 0 Å². The average Bonchev–Trinajstić information content (AvgIpc) is 2.84. The van der Waals surface area contributed by atoms with E-state index >= 15 is 0 Å². The second-order valence-electron chi connectivity index (χ2n) is 5.97. The van der Waals surface area contributed by atoms with Crippen LogP contribution in [0.1, 0.15) is 25.8 Å². The average molecular weight is 321 g/mol. The van der Waals surface area contributed by atoms with Crippen LogP contribution in [0.4, 0.5) is 4.79 Å². The van der Waals surface area contributed by atoms with Gasteiger partial charge in [0.1, 0.15) is 5.54 Å². The van der Waals surface area contributed by atoms with Crippen LogP contribution in [-0.4, -0.2) is 28.7 Å². The minimum absolute atomic E-state index is 0.327. The Morgan fingerprint density at radius 3 is 2.25 bits per heavy atom. The summed E-state index contributed by atoms with van der Waals surface area (Å²) >= 11 is 0. The van der Waals surface area contributed by atoms with Crippen molar-refractivity contribution in [1.82, 2.24) is 10.3 Å². The van der Waals surface area contributed by atoms with E-state index in [9.17, 15) is 9.59 Å². The minimum Gasteiger partial charge on any atom is -0.322 e. The van der Waals surface area contributed by atoms with Crippen molar-refractivity contribution in [2.75, 3.05) is 0 Å². The van der Waals surface area contributed by atoms with Gasteiger partial charge < -0.3 is 5.32 Å². The number of hydrazone groups is 1. The Morgan fingerprint density at radius 2 is 1.67 bits per heavy atom. The van der Waals surface area contributed by atoms with Gasteiger partial charge >= 0.3 is 6.03 Å². The first-order chi connectivity index (χ1) is 11.5. The molecule has 122 valence electrons. The van der Waals surface area contributed by atoms with Gasteiger partial charge in [-0.3, -0.25) is 4.79 Å². The molecule has 24 heavy (non-hydrogen) atoms. The number of hydrogen-bond donors (Lipinski definition) is 1. The molecule has 1 fully saturated rings. The van der Waals surface area contributed by atoms with Crippen molar-refractivity contribution < 1.29 is 9.59 Å². The molecule has 3 rings (SSSR count). The normalized spacial score (nSPS) is 20.7. The first kappa shape index (κ1) is 15.9. The largest absolute Gasteiger partial charge is 0.346 e. The third-order valence-corrected chi connectivity index (χ3v) is 4.29. The van der Waals surface area contributed by atoms with E-state index in [0.29, 0.717) is 6.42 Å². The van der Waals surface area contributed by atoms with Crippen LogP contribution in [0.5, 0.6) is 0 Å². The van der Waals surface area contributed by atoms with E-state index in [1.54, 1.807) is 6.92 Å². The maximum atomic E-state index is 12.3. The maximum Gasteiger partial charge on any atom is 0.346 e. The smallest absolute Gasteiger partial charge is 0.322 e. The number of benzene rings is 2. The fourth-order valence-corrected chi connectivity index (χ4v) is 2.53. The molecule has 1 heterocycles. The van der Waals surface area contributed by atoms with Gasteiger partial charge in [-0.25, -0.2) is 4.79 Å². The van der Waals surface area contributed by atoms with Gasteiger partial charge in [-0.2, -0.15) is 5.10 Å². The van der Waals surface area contributed by atoms with E-state index in [2.05, 4.69) is 10.4 Å². The van der Waals surface area contributed by atoms with Gasteiger partial charge in [0.05, 0.1) is 6.21 Å². The molecule has 3 amide bonds. The summed E-state index contributed by atoms with van der Waals surface area (Å²) in [5, 5.41) is 7.62. The molecule has 1 saturated heterocycles. The van der Waals surface area contributed by atoms with Gasteiger partial charge in [0.15, 0.2) is 0 Å². The van der Waals surface area contributed by atoms with Crippen LogP contribution in [0.15, 0.2) is 59.7 Å². The van der Waals surface area contributed by atoms with Crippen molar-refractivity contribution >= 4 is 18.2 Å². The highest BCUT2D eigenvalue weighted by atomic mass is 16.2. The standard InChI is InChI=1S/C19H19N3O2/c1-3-19(2)17(23)22(18(24)21-19)20-13-14-9-11-16(12-10-14)15-7-5-4-6-8-15/h4-13H,3H2,1-2H3,(H,21,24)/b20-13-/t19-/m0/s1. The summed E-state index contributed by atoms with van der Waals surface area (Å²) in [4.78, 5) is 24.2. The lowest BCUT2D eigenvalue weighted by atomic mass is 10.00. The molecule has 0 aromatic heterocycles. The summed E-state index contributed by atoms with van der Waals surface area (Å²) in [6.45, 7) is 3.56. The Balaban J connectivity index is 1.76. The summed E-state index contributed by atoms with van der Waals surface area (Å²) in [6, 6.07) is 17.3. The summed E-state index contributed by atoms with van der Waals surface area (Å²) in [5.41, 5.74) is 2.18. The monoisotopic (exact) mass is 321 g/mol. The molecule has 1 N–H and O–H groups in total. The van der Waals surface area contributed by atoms with E-state index in [4.69, 9.17) is 0 Å². The molecule has 5 nitrogen and oxygen atoms in total. The van der Waals surface area contributed by atoms with Crippen LogP contribution in [0.2, 0.25) is 0 Å². The van der Waals surface area contributed by atoms with Crippen LogP contribution in [0.3, 0.4) is 0 Å². The lowest BCUT2D eigenvalue weighted by Gasteiger charge is -2.17. The number of nitrogens with zero attached hydrogens (tertiary/aromatic N) is 2. The maximum absolute atomic E-state index is 12.3. The van der Waals surface area contributed by atoms with Crippen molar-refractivity contribution in [3.8, 4) is 11.1 Å². The molecule has 1 aliphatic heterocycles. The SMILES string of the molecule is CC[C@]1(C)NC(=O)N(/N=C\c2ccc(-c3ccccc3)cc2)C1=O. The van der Waals surface area contributed by atoms with E-state index in [1.807, 2.05) is 61.5 Å². The summed E-state index contributed by atoms with van der Waals surface area (Å²) in [7, 11) is 0. The molecule has 0 bridgehead atoms. The Kier molecular flexibility index (Phi) is 4.16. The van der Waals surface area contributed by atoms with Gasteiger partial charge in [-0.05, 0) is 30.0 Å². The number of nitrogens with one attached hydrogen (secondary N) is 1. The molecule has 1 aliphatic rings. The zero-order valence-electron chi connectivity index (χ0n) is 13.7. The summed E-state index contributed by atoms with van der Waals surface area (Å²) < 4.78 is 0. The molecule has 0 unspecified atom stereocenters. The first-order valence-corrected chi connectivity index (χ1v) is 7.90. The fourth-order valence-electron chi connectivity index (χ4n) is 2.53. The summed E-state index contributed by atoms with van der Waals surface area (Å²) in [5.74, 6) is -0.327. The van der Waals surface area contributed by atoms with E-state index in [0.717, 1.165) is 21.7 Å². The molecular weight excluding hydrogens is 302 g/mol. The highest BCUT2D eigenvalue weighted by Gasteiger charge is 2.46. The Labute approximate surface area is 141 Å². The molecule has 0 spiro atoms. The lowest BCUT2D eigenvalue weighted by Crippen LogP contribution is -2.42. The lowest BCUT2D eigenvalue weighted by molar-refractivity contribution is -0.130. The van der Waals surface area contributed by atoms with Gasteiger partial charge in [-0.15, -0.1) is 5.01 Å². The number of imide groups is 1. The van der Waals surface area contributed by atoms with Gasteiger partial charge in [0, 0.05) is 0 Å². The highest BCUT2D eigenvalue weighted by Crippen LogP contribution is 2.21. The number of carbonyl (C=O) groups excluding carboxylic acids is 2. The number of amides is 3. The minimum atomic E-state index is -0.869. The number of rotatable bonds is 4. The molecule has 2 aromatic rings. The van der Waals surface area contributed by atoms with Gasteiger partial charge in [-0.1, -0.05) is 61.5 Å². The summed E-state index contributed by atoms with van der Waals surface area (Å²) in [6.07, 6.45) is 2.04. The second-order valence-corrected chi connectivity index (χ2v) is 5.97. The van der Waals surface area contributed by atoms with Crippen molar-refractivity contribution in [3.63, 3.8) is 0 Å². The van der Waals surface area contributed by atoms with Crippen molar-refractivity contribution in [2.45, 2.75) is 25.8 Å². The Hall–Kier alpha value is -2.95. The predicted octanol–water partition coefficient (Wildman–Crippen LogP) is 3.41. The molecule has 1 atom stereocenters. The fraction of sp³-hybridized carbons (Fsp3) is 0.211. The van der Waals surface area contributed by atoms with E-state index < -0.39 is 11.6 Å². The molecule has 0 aliphatic carbocycles. The quantitative estimate of drug-likeness (QED) is 0.693. The molecule has 5 heteroatoms. The van der Waals surface area contributed by atoms with E-state index in [1.165, 1.54) is 6.21 Å². The van der Waals surface area contributed by atoms with Gasteiger partial charge in [0.2, 0.25) is 0 Å². The second kappa shape index (κ2) is 6.28. The number of carbonyl (C=O) groups is 2. The predicted molar refractivity (Wildman–Crippen MR) is 93.5 cm³/mol. The molecule has 2 aromatic carbocycles. The third kappa shape index (κ3) is 2.93. The number of urea groups is 1. The Bertz CT molecular complexity index is 784. The van der Waals surface area contributed by atoms with Crippen LogP contribution in [0.25, 0.3) is 11.1 Å². The topological polar surface area (TPSA) is 61.8 Å². The highest BCUT2D eigenvalue weighted by molar-refractivity contribution is 6.07. The van der Waals surface area contributed by atoms with Crippen molar-refractivity contribution in [2.24, 2.45) is 5.10 Å². The van der Waals surface area contributed by atoms with Crippen LogP contribution in [0, 0.1) is 0 Å². The zero-order chi connectivity index (χ0) is 17.2.